The van der Waals surface area contributed by atoms with Gasteiger partial charge in [0.2, 0.25) is 17.7 Å². The van der Waals surface area contributed by atoms with E-state index in [9.17, 15) is 14.4 Å². The van der Waals surface area contributed by atoms with Crippen molar-refractivity contribution in [1.29, 1.82) is 0 Å². The third kappa shape index (κ3) is 8.27. The first-order valence-electron chi connectivity index (χ1n) is 8.55. The molecule has 0 aromatic rings. The summed E-state index contributed by atoms with van der Waals surface area (Å²) in [6, 6.07) is 0.862. The van der Waals surface area contributed by atoms with Crippen molar-refractivity contribution in [3.8, 4) is 0 Å². The van der Waals surface area contributed by atoms with Gasteiger partial charge in [-0.15, -0.1) is 0 Å². The zero-order valence-corrected chi connectivity index (χ0v) is 16.7. The number of carbonyl (C=O) groups excluding carboxylic acids is 3. The van der Waals surface area contributed by atoms with Gasteiger partial charge in [-0.3, -0.25) is 19.3 Å². The van der Waals surface area contributed by atoms with Crippen LogP contribution in [-0.2, 0) is 14.4 Å². The summed E-state index contributed by atoms with van der Waals surface area (Å²) in [5, 5.41) is 8.20. The van der Waals surface area contributed by atoms with Crippen LogP contribution in [0.25, 0.3) is 0 Å². The van der Waals surface area contributed by atoms with Crippen molar-refractivity contribution in [2.24, 2.45) is 0 Å². The number of alkyl halides is 1. The number of piperidine rings is 1. The van der Waals surface area contributed by atoms with Crippen molar-refractivity contribution >= 4 is 40.3 Å². The minimum absolute atomic E-state index is 0.0299. The molecule has 3 amide bonds. The summed E-state index contributed by atoms with van der Waals surface area (Å²) in [6.45, 7) is 5.87. The Morgan fingerprint density at radius 2 is 1.46 bits per heavy atom. The Hall–Kier alpha value is -0.900. The molecule has 1 fully saturated rings. The van der Waals surface area contributed by atoms with Crippen LogP contribution >= 0.6 is 22.6 Å². The second kappa shape index (κ2) is 11.6. The van der Waals surface area contributed by atoms with Crippen molar-refractivity contribution in [2.45, 2.75) is 51.6 Å². The van der Waals surface area contributed by atoms with E-state index >= 15 is 0 Å². The van der Waals surface area contributed by atoms with E-state index in [1.807, 2.05) is 22.6 Å². The monoisotopic (exact) mass is 456 g/mol. The summed E-state index contributed by atoms with van der Waals surface area (Å²) in [6.07, 6.45) is 3.73. The highest BCUT2D eigenvalue weighted by Gasteiger charge is 2.26. The average molecular weight is 456 g/mol. The van der Waals surface area contributed by atoms with E-state index in [0.29, 0.717) is 42.7 Å². The van der Waals surface area contributed by atoms with Crippen LogP contribution < -0.4 is 16.0 Å². The van der Waals surface area contributed by atoms with Gasteiger partial charge < -0.3 is 16.0 Å². The van der Waals surface area contributed by atoms with Gasteiger partial charge in [-0.2, -0.15) is 0 Å². The van der Waals surface area contributed by atoms with Gasteiger partial charge in [-0.1, -0.05) is 29.0 Å². The summed E-state index contributed by atoms with van der Waals surface area (Å²) in [4.78, 5) is 36.9. The van der Waals surface area contributed by atoms with Crippen LogP contribution in [0, 0.1) is 0 Å². The fraction of sp³-hybridized carbons (Fsp3) is 0.812. The molecule has 2 atom stereocenters. The lowest BCUT2D eigenvalue weighted by Gasteiger charge is -2.38. The lowest BCUT2D eigenvalue weighted by Crippen LogP contribution is -2.49. The van der Waals surface area contributed by atoms with E-state index in [2.05, 4.69) is 34.7 Å². The number of nitrogens with one attached hydrogen (secondary N) is 3. The summed E-state index contributed by atoms with van der Waals surface area (Å²) in [5.41, 5.74) is 0. The topological polar surface area (TPSA) is 90.5 Å². The first kappa shape index (κ1) is 21.1. The van der Waals surface area contributed by atoms with Crippen LogP contribution in [-0.4, -0.2) is 65.3 Å². The molecule has 3 N–H and O–H groups in total. The maximum atomic E-state index is 12.0. The largest absolute Gasteiger partial charge is 0.354 e. The zero-order valence-electron chi connectivity index (χ0n) is 14.6. The highest BCUT2D eigenvalue weighted by molar-refractivity contribution is 14.1. The van der Waals surface area contributed by atoms with Gasteiger partial charge in [-0.25, -0.2) is 0 Å². The smallest absolute Gasteiger partial charge is 0.234 e. The fourth-order valence-electron chi connectivity index (χ4n) is 2.86. The lowest BCUT2D eigenvalue weighted by molar-refractivity contribution is -0.124. The molecule has 1 aliphatic rings. The maximum Gasteiger partial charge on any atom is 0.234 e. The first-order chi connectivity index (χ1) is 11.4. The fourth-order valence-corrected chi connectivity index (χ4v) is 3.13. The van der Waals surface area contributed by atoms with Crippen molar-refractivity contribution in [3.05, 3.63) is 0 Å². The summed E-state index contributed by atoms with van der Waals surface area (Å²) < 4.78 is 0.409. The molecule has 0 aromatic heterocycles. The molecule has 1 heterocycles. The molecule has 2 unspecified atom stereocenters. The van der Waals surface area contributed by atoms with Crippen LogP contribution in [0.1, 0.15) is 39.5 Å². The highest BCUT2D eigenvalue weighted by atomic mass is 127. The number of rotatable bonds is 9. The van der Waals surface area contributed by atoms with Gasteiger partial charge in [0, 0.05) is 38.1 Å². The van der Waals surface area contributed by atoms with Gasteiger partial charge in [0.1, 0.15) is 0 Å². The zero-order chi connectivity index (χ0) is 17.9. The SMILES string of the molecule is [13CH3]C1CCC[13CH]([13CH3])N1CC(=O)[15NH]CCC(=O)NCCNC(=O)CI. The molecule has 7 nitrogen and oxygen atoms in total. The lowest BCUT2D eigenvalue weighted by atomic mass is 10.1. The van der Waals surface area contributed by atoms with Gasteiger partial charge in [0.15, 0.2) is 0 Å². The molecule has 1 saturated heterocycles. The predicted molar refractivity (Wildman–Crippen MR) is 102 cm³/mol. The summed E-state index contributed by atoms with van der Waals surface area (Å²) in [5.74, 6) is -0.199. The molecule has 0 radical (unpaired) electrons. The van der Waals surface area contributed by atoms with Gasteiger partial charge in [0.25, 0.3) is 0 Å². The molecule has 1 rings (SSSR count). The number of hydrogen-bond acceptors (Lipinski definition) is 4. The minimum atomic E-state index is -0.126. The maximum absolute atomic E-state index is 12.0. The standard InChI is InChI=1S/C16H29IN4O3/c1-12-4-3-5-13(2)21(12)11-16(24)18-7-6-14(22)19-8-9-20-15(23)10-17/h12-13H,3-11H2,1-2H3,(H,18,24)(H,19,22)(H,20,23)/i1+1,2+1,12+1,18+1. The molecular formula is C16H29IN4O3. The van der Waals surface area contributed by atoms with Crippen molar-refractivity contribution in [2.75, 3.05) is 30.6 Å². The molecule has 0 aliphatic carbocycles. The number of amides is 3. The van der Waals surface area contributed by atoms with Crippen LogP contribution in [0.2, 0.25) is 0 Å². The highest BCUT2D eigenvalue weighted by Crippen LogP contribution is 2.21. The molecule has 24 heavy (non-hydrogen) atoms. The van der Waals surface area contributed by atoms with Crippen molar-refractivity contribution < 1.29 is 14.4 Å². The number of carbonyl (C=O) groups is 3. The quantitative estimate of drug-likeness (QED) is 0.154. The number of halogens is 1. The third-order valence-corrected chi connectivity index (χ3v) is 4.96. The van der Waals surface area contributed by atoms with Crippen LogP contribution in [0.5, 0.6) is 0 Å². The van der Waals surface area contributed by atoms with Crippen molar-refractivity contribution in [1.82, 2.24) is 20.9 Å². The number of likely N-dealkylation sites (tertiary alicyclic amines) is 1. The van der Waals surface area contributed by atoms with Crippen LogP contribution in [0.4, 0.5) is 0 Å². The minimum Gasteiger partial charge on any atom is -0.354 e. The molecule has 0 spiro atoms. The van der Waals surface area contributed by atoms with Gasteiger partial charge in [0.05, 0.1) is 11.0 Å². The van der Waals surface area contributed by atoms with E-state index in [1.165, 1.54) is 6.42 Å². The predicted octanol–water partition coefficient (Wildman–Crippen LogP) is 0.423. The molecule has 138 valence electrons. The molecule has 1 aliphatic heterocycles. The molecular weight excluding hydrogens is 427 g/mol. The van der Waals surface area contributed by atoms with E-state index in [0.717, 1.165) is 12.8 Å². The Morgan fingerprint density at radius 3 is 2.04 bits per heavy atom. The number of hydrogen-bond donors (Lipinski definition) is 3. The second-order valence-electron chi connectivity index (χ2n) is 6.23. The van der Waals surface area contributed by atoms with E-state index in [4.69, 9.17) is 0 Å². The van der Waals surface area contributed by atoms with Crippen LogP contribution in [0.3, 0.4) is 0 Å². The number of nitrogens with zero attached hydrogens (tertiary/aromatic N) is 1. The Bertz CT molecular complexity index is 424. The molecule has 0 bridgehead atoms. The molecule has 0 aromatic carbocycles. The normalized spacial score (nSPS) is 21.1. The second-order valence-corrected chi connectivity index (χ2v) is 7.00. The van der Waals surface area contributed by atoms with E-state index in [1.54, 1.807) is 0 Å². The third-order valence-electron chi connectivity index (χ3n) is 4.27. The Morgan fingerprint density at radius 1 is 0.917 bits per heavy atom. The van der Waals surface area contributed by atoms with Crippen molar-refractivity contribution in [3.63, 3.8) is 0 Å². The first-order valence-corrected chi connectivity index (χ1v) is 10.1. The van der Waals surface area contributed by atoms with Crippen LogP contribution in [0.15, 0.2) is 0 Å². The summed E-state index contributed by atoms with van der Waals surface area (Å²) >= 11 is 1.98. The molecule has 8 heteroatoms. The Labute approximate surface area is 157 Å². The van der Waals surface area contributed by atoms with Gasteiger partial charge in [-0.05, 0) is 26.7 Å². The average Bonchev–Trinajstić information content (AvgIpc) is 2.55. The van der Waals surface area contributed by atoms with E-state index in [-0.39, 0.29) is 24.1 Å². The molecule has 0 saturated carbocycles. The van der Waals surface area contributed by atoms with E-state index < -0.39 is 0 Å². The van der Waals surface area contributed by atoms with Gasteiger partial charge >= 0.3 is 0 Å². The summed E-state index contributed by atoms with van der Waals surface area (Å²) in [7, 11) is 0. The Balaban J connectivity index is 2.11. The Kier molecular flexibility index (Phi) is 10.2.